The average Bonchev–Trinajstić information content (AvgIpc) is 3.57. The Balaban J connectivity index is 1.52. The molecule has 3 aliphatic rings. The minimum atomic E-state index is -0.829. The largest absolute Gasteiger partial charge is 0.336 e. The Morgan fingerprint density at radius 2 is 2.03 bits per heavy atom. The van der Waals surface area contributed by atoms with E-state index in [4.69, 9.17) is 0 Å². The van der Waals surface area contributed by atoms with Gasteiger partial charge in [-0.1, -0.05) is 12.5 Å². The third-order valence-electron chi connectivity index (χ3n) is 6.42. The van der Waals surface area contributed by atoms with Crippen LogP contribution in [0.1, 0.15) is 61.5 Å². The number of carbonyl (C=O) groups excluding carboxylic acids is 2. The number of aryl methyl sites for hydroxylation is 1. The average molecular weight is 435 g/mol. The summed E-state index contributed by atoms with van der Waals surface area (Å²) in [5, 5.41) is 8.92. The Kier molecular flexibility index (Phi) is 4.83. The summed E-state index contributed by atoms with van der Waals surface area (Å²) in [7, 11) is 0. The molecule has 1 unspecified atom stereocenters. The molecule has 166 valence electrons. The lowest BCUT2D eigenvalue weighted by atomic mass is 9.89. The lowest BCUT2D eigenvalue weighted by Gasteiger charge is -2.33. The zero-order valence-corrected chi connectivity index (χ0v) is 18.2. The van der Waals surface area contributed by atoms with E-state index in [-0.39, 0.29) is 23.3 Å². The molecule has 1 saturated carbocycles. The molecule has 2 aliphatic carbocycles. The van der Waals surface area contributed by atoms with Gasteiger partial charge in [-0.25, -0.2) is 9.97 Å². The van der Waals surface area contributed by atoms with Gasteiger partial charge in [0.1, 0.15) is 35.0 Å². The fourth-order valence-corrected chi connectivity index (χ4v) is 4.63. The molecule has 2 amide bonds. The van der Waals surface area contributed by atoms with Crippen molar-refractivity contribution in [3.05, 3.63) is 51.7 Å². The lowest BCUT2D eigenvalue weighted by molar-refractivity contribution is -0.117. The molecular formula is C23H26N6O3. The van der Waals surface area contributed by atoms with Gasteiger partial charge in [-0.3, -0.25) is 19.0 Å². The highest BCUT2D eigenvalue weighted by atomic mass is 16.2. The molecule has 0 bridgehead atoms. The van der Waals surface area contributed by atoms with E-state index in [2.05, 4.69) is 32.8 Å². The smallest absolute Gasteiger partial charge is 0.277 e. The SMILES string of the molecule is CCC1=CC2(CCC1)NC(=O)c1c(C)cc(Nc3cc(NC(=O)C4CC4)ncn3)c(=O)n12. The van der Waals surface area contributed by atoms with Crippen LogP contribution in [0.5, 0.6) is 0 Å². The summed E-state index contributed by atoms with van der Waals surface area (Å²) < 4.78 is 1.60. The third-order valence-corrected chi connectivity index (χ3v) is 6.42. The number of pyridine rings is 1. The van der Waals surface area contributed by atoms with Crippen molar-refractivity contribution in [2.75, 3.05) is 10.6 Å². The van der Waals surface area contributed by atoms with Crippen LogP contribution in [-0.4, -0.2) is 26.3 Å². The number of hydrogen-bond donors (Lipinski definition) is 3. The molecular weight excluding hydrogens is 408 g/mol. The number of carbonyl (C=O) groups is 2. The first-order valence-corrected chi connectivity index (χ1v) is 11.1. The topological polar surface area (TPSA) is 118 Å². The Morgan fingerprint density at radius 1 is 1.25 bits per heavy atom. The summed E-state index contributed by atoms with van der Waals surface area (Å²) in [5.74, 6) is 0.553. The first kappa shape index (κ1) is 20.4. The first-order chi connectivity index (χ1) is 15.4. The fraction of sp³-hybridized carbons (Fsp3) is 0.435. The molecule has 0 saturated heterocycles. The predicted molar refractivity (Wildman–Crippen MR) is 120 cm³/mol. The Labute approximate surface area is 185 Å². The van der Waals surface area contributed by atoms with Crippen molar-refractivity contribution in [3.63, 3.8) is 0 Å². The second kappa shape index (κ2) is 7.58. The third kappa shape index (κ3) is 3.47. The van der Waals surface area contributed by atoms with Gasteiger partial charge in [0.2, 0.25) is 5.91 Å². The van der Waals surface area contributed by atoms with Gasteiger partial charge in [-0.05, 0) is 63.2 Å². The highest BCUT2D eigenvalue weighted by Crippen LogP contribution is 2.37. The van der Waals surface area contributed by atoms with Crippen LogP contribution in [0.2, 0.25) is 0 Å². The molecule has 2 aromatic rings. The second-order valence-corrected chi connectivity index (χ2v) is 8.80. The van der Waals surface area contributed by atoms with Crippen LogP contribution in [0, 0.1) is 12.8 Å². The first-order valence-electron chi connectivity index (χ1n) is 11.1. The van der Waals surface area contributed by atoms with Crippen molar-refractivity contribution >= 4 is 29.1 Å². The summed E-state index contributed by atoms with van der Waals surface area (Å²) in [4.78, 5) is 46.7. The molecule has 0 aromatic carbocycles. The van der Waals surface area contributed by atoms with Gasteiger partial charge in [0.05, 0.1) is 0 Å². The molecule has 32 heavy (non-hydrogen) atoms. The van der Waals surface area contributed by atoms with E-state index in [1.54, 1.807) is 16.7 Å². The van der Waals surface area contributed by atoms with Gasteiger partial charge in [0.25, 0.3) is 11.5 Å². The molecule has 5 rings (SSSR count). The van der Waals surface area contributed by atoms with Gasteiger partial charge < -0.3 is 16.0 Å². The molecule has 1 atom stereocenters. The molecule has 3 N–H and O–H groups in total. The van der Waals surface area contributed by atoms with Crippen molar-refractivity contribution < 1.29 is 9.59 Å². The van der Waals surface area contributed by atoms with E-state index >= 15 is 0 Å². The number of fused-ring (bicyclic) bond motifs is 2. The number of aromatic nitrogens is 3. The Bertz CT molecular complexity index is 1210. The number of amides is 2. The van der Waals surface area contributed by atoms with Crippen LogP contribution in [-0.2, 0) is 10.5 Å². The molecule has 1 fully saturated rings. The maximum absolute atomic E-state index is 13.6. The van der Waals surface area contributed by atoms with Crippen molar-refractivity contribution in [2.45, 2.75) is 58.0 Å². The van der Waals surface area contributed by atoms with E-state index in [1.807, 2.05) is 13.0 Å². The number of nitrogens with zero attached hydrogens (tertiary/aromatic N) is 3. The van der Waals surface area contributed by atoms with Crippen LogP contribution in [0.3, 0.4) is 0 Å². The van der Waals surface area contributed by atoms with Crippen molar-refractivity contribution in [2.24, 2.45) is 5.92 Å². The standard InChI is InChI=1S/C23H26N6O3/c1-3-14-5-4-8-23(11-14)28-21(31)19-13(2)9-16(22(32)29(19)23)26-17-10-18(25-12-24-17)27-20(30)15-6-7-15/h9-12,15H,3-8H2,1-2H3,(H,28,31)(H2,24,25,26,27,30). The second-order valence-electron chi connectivity index (χ2n) is 8.80. The number of rotatable bonds is 5. The van der Waals surface area contributed by atoms with Crippen molar-refractivity contribution in [1.82, 2.24) is 19.9 Å². The quantitative estimate of drug-likeness (QED) is 0.623. The van der Waals surface area contributed by atoms with Gasteiger partial charge in [-0.2, -0.15) is 0 Å². The molecule has 9 nitrogen and oxygen atoms in total. The molecule has 1 spiro atoms. The number of allylic oxidation sites excluding steroid dienone is 1. The Morgan fingerprint density at radius 3 is 2.78 bits per heavy atom. The molecule has 9 heteroatoms. The molecule has 2 aromatic heterocycles. The van der Waals surface area contributed by atoms with Gasteiger partial charge in [0, 0.05) is 12.0 Å². The number of anilines is 3. The van der Waals surface area contributed by atoms with Crippen LogP contribution in [0.25, 0.3) is 0 Å². The maximum Gasteiger partial charge on any atom is 0.277 e. The van der Waals surface area contributed by atoms with Crippen LogP contribution >= 0.6 is 0 Å². The summed E-state index contributed by atoms with van der Waals surface area (Å²) in [6.07, 6.45) is 8.62. The van der Waals surface area contributed by atoms with Crippen LogP contribution in [0.4, 0.5) is 17.3 Å². The maximum atomic E-state index is 13.6. The van der Waals surface area contributed by atoms with Crippen molar-refractivity contribution in [1.29, 1.82) is 0 Å². The summed E-state index contributed by atoms with van der Waals surface area (Å²) >= 11 is 0. The van der Waals surface area contributed by atoms with E-state index in [0.717, 1.165) is 32.1 Å². The van der Waals surface area contributed by atoms with E-state index in [0.29, 0.717) is 35.0 Å². The minimum absolute atomic E-state index is 0.0505. The lowest BCUT2D eigenvalue weighted by Crippen LogP contribution is -2.47. The highest BCUT2D eigenvalue weighted by molar-refractivity contribution is 5.97. The highest BCUT2D eigenvalue weighted by Gasteiger charge is 2.44. The Hall–Kier alpha value is -3.49. The van der Waals surface area contributed by atoms with E-state index in [9.17, 15) is 14.4 Å². The number of hydrogen-bond acceptors (Lipinski definition) is 6. The van der Waals surface area contributed by atoms with Gasteiger partial charge in [0.15, 0.2) is 0 Å². The summed E-state index contributed by atoms with van der Waals surface area (Å²) in [5.41, 5.74) is 1.53. The van der Waals surface area contributed by atoms with Gasteiger partial charge >= 0.3 is 0 Å². The predicted octanol–water partition coefficient (Wildman–Crippen LogP) is 2.96. The molecule has 1 aliphatic heterocycles. The van der Waals surface area contributed by atoms with E-state index in [1.165, 1.54) is 11.9 Å². The van der Waals surface area contributed by atoms with E-state index < -0.39 is 5.66 Å². The van der Waals surface area contributed by atoms with Crippen LogP contribution < -0.4 is 21.5 Å². The minimum Gasteiger partial charge on any atom is -0.336 e. The zero-order chi connectivity index (χ0) is 22.5. The van der Waals surface area contributed by atoms with Crippen molar-refractivity contribution in [3.8, 4) is 0 Å². The number of nitrogens with one attached hydrogen (secondary N) is 3. The van der Waals surface area contributed by atoms with Gasteiger partial charge in [-0.15, -0.1) is 0 Å². The molecule has 3 heterocycles. The zero-order valence-electron chi connectivity index (χ0n) is 18.2. The van der Waals surface area contributed by atoms with Crippen LogP contribution in [0.15, 0.2) is 34.9 Å². The summed E-state index contributed by atoms with van der Waals surface area (Å²) in [6.45, 7) is 3.91. The normalized spacial score (nSPS) is 21.7. The monoisotopic (exact) mass is 434 g/mol. The summed E-state index contributed by atoms with van der Waals surface area (Å²) in [6, 6.07) is 3.27. The fourth-order valence-electron chi connectivity index (χ4n) is 4.63. The molecule has 0 radical (unpaired) electrons.